The fraction of sp³-hybridized carbons (Fsp3) is 0.333. The van der Waals surface area contributed by atoms with Crippen LogP contribution in [0.25, 0.3) is 0 Å². The number of halogens is 1. The highest BCUT2D eigenvalue weighted by Gasteiger charge is 2.19. The van der Waals surface area contributed by atoms with Crippen molar-refractivity contribution in [2.24, 2.45) is 11.1 Å². The maximum absolute atomic E-state index is 13.2. The van der Waals surface area contributed by atoms with Crippen LogP contribution < -0.4 is 15.4 Å². The third-order valence-corrected chi connectivity index (χ3v) is 5.49. The number of hydrogen-bond donors (Lipinski definition) is 2. The third-order valence-electron chi connectivity index (χ3n) is 4.56. The van der Waals surface area contributed by atoms with Gasteiger partial charge in [-0.1, -0.05) is 6.07 Å². The molecule has 0 atom stereocenters. The Morgan fingerprint density at radius 1 is 1.12 bits per heavy atom. The number of sulfonamides is 1. The van der Waals surface area contributed by atoms with Crippen LogP contribution in [0.1, 0.15) is 12.8 Å². The second-order valence-corrected chi connectivity index (χ2v) is 7.92. The number of hydrogen-bond acceptors (Lipinski definition) is 4. The maximum atomic E-state index is 13.2. The van der Waals surface area contributed by atoms with E-state index in [1.54, 1.807) is 30.3 Å². The average Bonchev–Trinajstić information content (AvgIpc) is 2.60. The van der Waals surface area contributed by atoms with E-state index in [4.69, 9.17) is 5.14 Å². The smallest absolute Gasteiger partial charge is 0.238 e. The summed E-state index contributed by atoms with van der Waals surface area (Å²) in [6.45, 7) is 2.64. The summed E-state index contributed by atoms with van der Waals surface area (Å²) in [6, 6.07) is 13.2. The summed E-state index contributed by atoms with van der Waals surface area (Å²) >= 11 is 0. The highest BCUT2D eigenvalue weighted by atomic mass is 32.2. The van der Waals surface area contributed by atoms with Crippen LogP contribution in [0.4, 0.5) is 15.8 Å². The highest BCUT2D eigenvalue weighted by Crippen LogP contribution is 2.24. The minimum absolute atomic E-state index is 0.130. The van der Waals surface area contributed by atoms with Crippen molar-refractivity contribution < 1.29 is 12.8 Å². The molecule has 1 saturated heterocycles. The molecular weight excluding hydrogens is 341 g/mol. The van der Waals surface area contributed by atoms with Gasteiger partial charge in [-0.25, -0.2) is 17.9 Å². The summed E-state index contributed by atoms with van der Waals surface area (Å²) in [5.41, 5.74) is 1.81. The summed E-state index contributed by atoms with van der Waals surface area (Å²) in [5, 5.41) is 8.42. The van der Waals surface area contributed by atoms with Gasteiger partial charge in [0.2, 0.25) is 10.0 Å². The number of rotatable bonds is 5. The zero-order valence-corrected chi connectivity index (χ0v) is 14.7. The molecule has 2 aromatic rings. The Labute approximate surface area is 147 Å². The summed E-state index contributed by atoms with van der Waals surface area (Å²) in [6.07, 6.45) is 2.05. The average molecular weight is 363 g/mol. The lowest BCUT2D eigenvalue weighted by Gasteiger charge is -2.34. The summed E-state index contributed by atoms with van der Waals surface area (Å²) in [4.78, 5) is 2.37. The Balaban J connectivity index is 1.51. The van der Waals surface area contributed by atoms with Gasteiger partial charge in [-0.05, 0) is 61.2 Å². The van der Waals surface area contributed by atoms with Gasteiger partial charge in [-0.3, -0.25) is 0 Å². The van der Waals surface area contributed by atoms with Crippen molar-refractivity contribution in [3.63, 3.8) is 0 Å². The lowest BCUT2D eigenvalue weighted by molar-refractivity contribution is 0.423. The maximum Gasteiger partial charge on any atom is 0.238 e. The topological polar surface area (TPSA) is 75.4 Å². The van der Waals surface area contributed by atoms with Crippen LogP contribution in [-0.2, 0) is 10.0 Å². The molecule has 0 unspecified atom stereocenters. The molecule has 1 heterocycles. The van der Waals surface area contributed by atoms with Gasteiger partial charge in [0, 0.05) is 31.0 Å². The second kappa shape index (κ2) is 7.41. The Morgan fingerprint density at radius 2 is 1.80 bits per heavy atom. The van der Waals surface area contributed by atoms with E-state index in [1.165, 1.54) is 12.1 Å². The van der Waals surface area contributed by atoms with Gasteiger partial charge < -0.3 is 10.2 Å². The standard InChI is InChI=1S/C18H22FN3O2S/c19-15-2-1-3-16(12-15)21-13-14-8-10-22(11-9-14)17-4-6-18(7-5-17)25(20,23)24/h1-7,12,14,21H,8-11,13H2,(H2,20,23,24). The van der Waals surface area contributed by atoms with Gasteiger partial charge >= 0.3 is 0 Å². The van der Waals surface area contributed by atoms with Crippen molar-refractivity contribution in [2.75, 3.05) is 29.9 Å². The lowest BCUT2D eigenvalue weighted by atomic mass is 9.96. The summed E-state index contributed by atoms with van der Waals surface area (Å²) < 4.78 is 35.8. The first kappa shape index (κ1) is 17.7. The number of nitrogens with two attached hydrogens (primary N) is 1. The molecule has 0 bridgehead atoms. The van der Waals surface area contributed by atoms with Crippen LogP contribution in [-0.4, -0.2) is 28.1 Å². The van der Waals surface area contributed by atoms with Gasteiger partial charge in [-0.15, -0.1) is 0 Å². The highest BCUT2D eigenvalue weighted by molar-refractivity contribution is 7.89. The molecule has 0 saturated carbocycles. The van der Waals surface area contributed by atoms with Crippen molar-refractivity contribution in [1.82, 2.24) is 0 Å². The molecule has 0 spiro atoms. The van der Waals surface area contributed by atoms with Crippen LogP contribution in [0.2, 0.25) is 0 Å². The monoisotopic (exact) mass is 363 g/mol. The third kappa shape index (κ3) is 4.70. The van der Waals surface area contributed by atoms with E-state index >= 15 is 0 Å². The zero-order valence-electron chi connectivity index (χ0n) is 13.9. The normalized spacial score (nSPS) is 16.0. The van der Waals surface area contributed by atoms with Gasteiger partial charge in [0.05, 0.1) is 4.90 Å². The predicted molar refractivity (Wildman–Crippen MR) is 97.6 cm³/mol. The molecule has 0 aliphatic carbocycles. The Morgan fingerprint density at radius 3 is 2.40 bits per heavy atom. The molecule has 7 heteroatoms. The van der Waals surface area contributed by atoms with E-state index in [0.29, 0.717) is 5.92 Å². The molecule has 25 heavy (non-hydrogen) atoms. The fourth-order valence-corrected chi connectivity index (χ4v) is 3.62. The lowest BCUT2D eigenvalue weighted by Crippen LogP contribution is -2.35. The zero-order chi connectivity index (χ0) is 17.9. The van der Waals surface area contributed by atoms with E-state index in [0.717, 1.165) is 43.9 Å². The first-order valence-corrected chi connectivity index (χ1v) is 9.84. The minimum atomic E-state index is -3.65. The number of nitrogens with one attached hydrogen (secondary N) is 1. The van der Waals surface area contributed by atoms with Crippen molar-refractivity contribution in [2.45, 2.75) is 17.7 Å². The van der Waals surface area contributed by atoms with E-state index < -0.39 is 10.0 Å². The van der Waals surface area contributed by atoms with Crippen molar-refractivity contribution >= 4 is 21.4 Å². The van der Waals surface area contributed by atoms with Gasteiger partial charge in [0.1, 0.15) is 5.82 Å². The molecule has 0 amide bonds. The summed E-state index contributed by atoms with van der Waals surface area (Å²) in [7, 11) is -3.65. The fourth-order valence-electron chi connectivity index (χ4n) is 3.10. The number of benzene rings is 2. The quantitative estimate of drug-likeness (QED) is 0.857. The van der Waals surface area contributed by atoms with E-state index in [9.17, 15) is 12.8 Å². The van der Waals surface area contributed by atoms with Crippen LogP contribution in [0.5, 0.6) is 0 Å². The van der Waals surface area contributed by atoms with E-state index in [-0.39, 0.29) is 10.7 Å². The number of primary sulfonamides is 1. The Hall–Kier alpha value is -2.12. The van der Waals surface area contributed by atoms with Crippen LogP contribution in [0, 0.1) is 11.7 Å². The molecule has 0 aromatic heterocycles. The molecule has 3 N–H and O–H groups in total. The molecule has 2 aromatic carbocycles. The van der Waals surface area contributed by atoms with Gasteiger partial charge in [0.15, 0.2) is 0 Å². The van der Waals surface area contributed by atoms with Crippen LogP contribution in [0.3, 0.4) is 0 Å². The van der Waals surface area contributed by atoms with Gasteiger partial charge in [-0.2, -0.15) is 0 Å². The SMILES string of the molecule is NS(=O)(=O)c1ccc(N2CCC(CNc3cccc(F)c3)CC2)cc1. The van der Waals surface area contributed by atoms with E-state index in [2.05, 4.69) is 10.2 Å². The number of anilines is 2. The minimum Gasteiger partial charge on any atom is -0.385 e. The molecule has 134 valence electrons. The van der Waals surface area contributed by atoms with E-state index in [1.807, 2.05) is 6.07 Å². The number of piperidine rings is 1. The van der Waals surface area contributed by atoms with Crippen molar-refractivity contribution in [1.29, 1.82) is 0 Å². The van der Waals surface area contributed by atoms with Crippen molar-refractivity contribution in [3.8, 4) is 0 Å². The second-order valence-electron chi connectivity index (χ2n) is 6.36. The molecule has 3 rings (SSSR count). The van der Waals surface area contributed by atoms with Crippen LogP contribution >= 0.6 is 0 Å². The largest absolute Gasteiger partial charge is 0.385 e. The Bertz CT molecular complexity index is 816. The first-order chi connectivity index (χ1) is 11.9. The molecule has 1 aliphatic heterocycles. The Kier molecular flexibility index (Phi) is 5.24. The van der Waals surface area contributed by atoms with Gasteiger partial charge in [0.25, 0.3) is 0 Å². The molecule has 0 radical (unpaired) electrons. The molecule has 1 aliphatic rings. The molecule has 5 nitrogen and oxygen atoms in total. The first-order valence-electron chi connectivity index (χ1n) is 8.29. The summed E-state index contributed by atoms with van der Waals surface area (Å²) in [5.74, 6) is 0.297. The predicted octanol–water partition coefficient (Wildman–Crippen LogP) is 2.80. The molecule has 1 fully saturated rings. The number of nitrogens with zero attached hydrogens (tertiary/aromatic N) is 1. The van der Waals surface area contributed by atoms with Crippen molar-refractivity contribution in [3.05, 3.63) is 54.3 Å². The van der Waals surface area contributed by atoms with Crippen LogP contribution in [0.15, 0.2) is 53.4 Å². The molecular formula is C18H22FN3O2S.